The van der Waals surface area contributed by atoms with Crippen molar-refractivity contribution < 1.29 is 4.79 Å². The zero-order valence-corrected chi connectivity index (χ0v) is 12.2. The van der Waals surface area contributed by atoms with E-state index in [1.165, 1.54) is 0 Å². The van der Waals surface area contributed by atoms with Crippen LogP contribution < -0.4 is 4.90 Å². The Morgan fingerprint density at radius 1 is 1.38 bits per heavy atom. The van der Waals surface area contributed by atoms with Crippen molar-refractivity contribution in [3.63, 3.8) is 0 Å². The van der Waals surface area contributed by atoms with Gasteiger partial charge in [-0.2, -0.15) is 0 Å². The molecule has 3 rings (SSSR count). The fourth-order valence-corrected chi connectivity index (χ4v) is 2.56. The summed E-state index contributed by atoms with van der Waals surface area (Å²) in [6.45, 7) is 0.722. The molecular formula is C14H18N6O. The van der Waals surface area contributed by atoms with Crippen molar-refractivity contribution in [2.24, 2.45) is 0 Å². The molecular weight excluding hydrogens is 268 g/mol. The van der Waals surface area contributed by atoms with Crippen LogP contribution >= 0.6 is 0 Å². The van der Waals surface area contributed by atoms with Gasteiger partial charge in [-0.25, -0.2) is 15.0 Å². The average molecular weight is 286 g/mol. The van der Waals surface area contributed by atoms with E-state index in [-0.39, 0.29) is 11.9 Å². The van der Waals surface area contributed by atoms with Crippen molar-refractivity contribution in [1.82, 2.24) is 24.4 Å². The van der Waals surface area contributed by atoms with Gasteiger partial charge in [-0.15, -0.1) is 0 Å². The first kappa shape index (κ1) is 13.5. The molecule has 0 spiro atoms. The summed E-state index contributed by atoms with van der Waals surface area (Å²) in [6, 6.07) is 2.20. The summed E-state index contributed by atoms with van der Waals surface area (Å²) in [4.78, 5) is 28.1. The first-order valence-corrected chi connectivity index (χ1v) is 6.92. The van der Waals surface area contributed by atoms with Crippen molar-refractivity contribution in [1.29, 1.82) is 0 Å². The van der Waals surface area contributed by atoms with Crippen LogP contribution in [0.4, 0.5) is 5.82 Å². The first-order valence-electron chi connectivity index (χ1n) is 6.92. The lowest BCUT2D eigenvalue weighted by Gasteiger charge is -2.36. The Morgan fingerprint density at radius 3 is 2.95 bits per heavy atom. The largest absolute Gasteiger partial charge is 0.355 e. The molecule has 1 aliphatic rings. The molecule has 2 aromatic heterocycles. The Hall–Kier alpha value is -2.44. The molecule has 21 heavy (non-hydrogen) atoms. The van der Waals surface area contributed by atoms with Gasteiger partial charge in [0.2, 0.25) is 5.91 Å². The van der Waals surface area contributed by atoms with Gasteiger partial charge < -0.3 is 9.80 Å². The Morgan fingerprint density at radius 2 is 2.24 bits per heavy atom. The van der Waals surface area contributed by atoms with Gasteiger partial charge in [0.25, 0.3) is 0 Å². The van der Waals surface area contributed by atoms with Gasteiger partial charge in [0.15, 0.2) is 0 Å². The van der Waals surface area contributed by atoms with Crippen LogP contribution in [0.5, 0.6) is 0 Å². The molecule has 2 aromatic rings. The number of hydrogen-bond acceptors (Lipinski definition) is 5. The van der Waals surface area contributed by atoms with E-state index in [0.29, 0.717) is 6.42 Å². The lowest BCUT2D eigenvalue weighted by atomic mass is 10.0. The lowest BCUT2D eigenvalue weighted by molar-refractivity contribution is -0.132. The van der Waals surface area contributed by atoms with Gasteiger partial charge in [0.05, 0.1) is 0 Å². The summed E-state index contributed by atoms with van der Waals surface area (Å²) in [7, 11) is 3.85. The number of likely N-dealkylation sites (N-methyl/N-ethyl adjacent to an activating group) is 2. The summed E-state index contributed by atoms with van der Waals surface area (Å²) in [6.07, 6.45) is 8.26. The number of carbonyl (C=O) groups is 1. The van der Waals surface area contributed by atoms with Crippen LogP contribution in [-0.2, 0) is 4.79 Å². The van der Waals surface area contributed by atoms with E-state index in [0.717, 1.165) is 24.6 Å². The number of anilines is 1. The van der Waals surface area contributed by atoms with Crippen LogP contribution in [-0.4, -0.2) is 57.0 Å². The van der Waals surface area contributed by atoms with Crippen LogP contribution in [0.2, 0.25) is 0 Å². The SMILES string of the molecule is CN1CC(N(C)c2cc(-n3ccnc3)ncn2)CCC1=O. The predicted octanol–water partition coefficient (Wildman–Crippen LogP) is 0.719. The molecule has 7 nitrogen and oxygen atoms in total. The molecule has 0 N–H and O–H groups in total. The number of carbonyl (C=O) groups excluding carboxylic acids is 1. The van der Waals surface area contributed by atoms with Gasteiger partial charge >= 0.3 is 0 Å². The third-order valence-electron chi connectivity index (χ3n) is 3.92. The van der Waals surface area contributed by atoms with Crippen molar-refractivity contribution in [2.45, 2.75) is 18.9 Å². The standard InChI is InChI=1S/C14H18N6O/c1-18-8-11(3-4-14(18)21)19(2)12-7-13(17-9-16-12)20-6-5-15-10-20/h5-7,9-11H,3-4,8H2,1-2H3. The van der Waals surface area contributed by atoms with E-state index in [1.54, 1.807) is 23.8 Å². The van der Waals surface area contributed by atoms with Crippen LogP contribution in [0.25, 0.3) is 5.82 Å². The number of imidazole rings is 1. The van der Waals surface area contributed by atoms with Gasteiger partial charge in [-0.05, 0) is 6.42 Å². The molecule has 0 saturated carbocycles. The predicted molar refractivity (Wildman–Crippen MR) is 78.2 cm³/mol. The highest BCUT2D eigenvalue weighted by Gasteiger charge is 2.26. The second kappa shape index (κ2) is 5.51. The molecule has 3 heterocycles. The van der Waals surface area contributed by atoms with E-state index >= 15 is 0 Å². The molecule has 7 heteroatoms. The van der Waals surface area contributed by atoms with E-state index in [1.807, 2.05) is 30.9 Å². The van der Waals surface area contributed by atoms with Crippen LogP contribution in [0, 0.1) is 0 Å². The van der Waals surface area contributed by atoms with E-state index < -0.39 is 0 Å². The minimum absolute atomic E-state index is 0.210. The zero-order valence-electron chi connectivity index (χ0n) is 12.2. The Labute approximate surface area is 123 Å². The normalized spacial score (nSPS) is 18.9. The van der Waals surface area contributed by atoms with Crippen molar-refractivity contribution >= 4 is 11.7 Å². The topological polar surface area (TPSA) is 67.2 Å². The molecule has 1 amide bonds. The molecule has 0 bridgehead atoms. The number of nitrogens with zero attached hydrogens (tertiary/aromatic N) is 6. The van der Waals surface area contributed by atoms with Crippen LogP contribution in [0.3, 0.4) is 0 Å². The number of amides is 1. The van der Waals surface area contributed by atoms with Crippen molar-refractivity contribution in [2.75, 3.05) is 25.5 Å². The zero-order chi connectivity index (χ0) is 14.8. The monoisotopic (exact) mass is 286 g/mol. The highest BCUT2D eigenvalue weighted by molar-refractivity contribution is 5.77. The highest BCUT2D eigenvalue weighted by atomic mass is 16.2. The number of likely N-dealkylation sites (tertiary alicyclic amines) is 1. The Balaban J connectivity index is 1.80. The lowest BCUT2D eigenvalue weighted by Crippen LogP contribution is -2.47. The van der Waals surface area contributed by atoms with Crippen LogP contribution in [0.1, 0.15) is 12.8 Å². The third kappa shape index (κ3) is 2.72. The molecule has 1 fully saturated rings. The summed E-state index contributed by atoms with van der Waals surface area (Å²) >= 11 is 0. The fraction of sp³-hybridized carbons (Fsp3) is 0.429. The quantitative estimate of drug-likeness (QED) is 0.831. The Kier molecular flexibility index (Phi) is 3.55. The van der Waals surface area contributed by atoms with E-state index in [9.17, 15) is 4.79 Å². The van der Waals surface area contributed by atoms with Crippen LogP contribution in [0.15, 0.2) is 31.1 Å². The summed E-state index contributed by atoms with van der Waals surface area (Å²) in [5, 5.41) is 0. The maximum absolute atomic E-state index is 11.6. The summed E-state index contributed by atoms with van der Waals surface area (Å²) < 4.78 is 1.84. The highest BCUT2D eigenvalue weighted by Crippen LogP contribution is 2.20. The molecule has 1 atom stereocenters. The smallest absolute Gasteiger partial charge is 0.222 e. The molecule has 0 radical (unpaired) electrons. The van der Waals surface area contributed by atoms with E-state index in [4.69, 9.17) is 0 Å². The fourth-order valence-electron chi connectivity index (χ4n) is 2.56. The number of hydrogen-bond donors (Lipinski definition) is 0. The van der Waals surface area contributed by atoms with Gasteiger partial charge in [0, 0.05) is 51.6 Å². The van der Waals surface area contributed by atoms with Gasteiger partial charge in [0.1, 0.15) is 24.3 Å². The molecule has 0 aromatic carbocycles. The number of aromatic nitrogens is 4. The molecule has 1 unspecified atom stereocenters. The van der Waals surface area contributed by atoms with Gasteiger partial charge in [-0.1, -0.05) is 0 Å². The molecule has 110 valence electrons. The minimum atomic E-state index is 0.210. The number of piperidine rings is 1. The first-order chi connectivity index (χ1) is 10.1. The third-order valence-corrected chi connectivity index (χ3v) is 3.92. The molecule has 1 aliphatic heterocycles. The Bertz CT molecular complexity index is 626. The van der Waals surface area contributed by atoms with Crippen molar-refractivity contribution in [3.05, 3.63) is 31.1 Å². The van der Waals surface area contributed by atoms with E-state index in [2.05, 4.69) is 19.9 Å². The summed E-state index contributed by atoms with van der Waals surface area (Å²) in [5.41, 5.74) is 0. The minimum Gasteiger partial charge on any atom is -0.355 e. The summed E-state index contributed by atoms with van der Waals surface area (Å²) in [5.74, 6) is 1.84. The maximum Gasteiger partial charge on any atom is 0.222 e. The second-order valence-electron chi connectivity index (χ2n) is 5.28. The second-order valence-corrected chi connectivity index (χ2v) is 5.28. The number of rotatable bonds is 3. The molecule has 0 aliphatic carbocycles. The van der Waals surface area contributed by atoms with Gasteiger partial charge in [-0.3, -0.25) is 9.36 Å². The van der Waals surface area contributed by atoms with Crippen molar-refractivity contribution in [3.8, 4) is 5.82 Å². The molecule has 1 saturated heterocycles. The average Bonchev–Trinajstić information content (AvgIpc) is 3.04. The maximum atomic E-state index is 11.6.